The maximum Gasteiger partial charge on any atom is 0.261 e. The second kappa shape index (κ2) is 12.4. The Kier molecular flexibility index (Phi) is 8.32. The molecule has 0 saturated carbocycles. The van der Waals surface area contributed by atoms with Crippen LogP contribution in [0.1, 0.15) is 37.4 Å². The van der Waals surface area contributed by atoms with Gasteiger partial charge in [-0.25, -0.2) is 0 Å². The van der Waals surface area contributed by atoms with Crippen LogP contribution in [0.2, 0.25) is 0 Å². The van der Waals surface area contributed by atoms with Crippen molar-refractivity contribution in [3.63, 3.8) is 0 Å². The van der Waals surface area contributed by atoms with Crippen LogP contribution >= 0.6 is 0 Å². The van der Waals surface area contributed by atoms with Gasteiger partial charge in [0.25, 0.3) is 11.8 Å². The Morgan fingerprint density at radius 2 is 1.00 bits per heavy atom. The lowest BCUT2D eigenvalue weighted by Gasteiger charge is -2.41. The highest BCUT2D eigenvalue weighted by Crippen LogP contribution is 2.42. The van der Waals surface area contributed by atoms with Crippen LogP contribution in [0.4, 0.5) is 0 Å². The van der Waals surface area contributed by atoms with E-state index < -0.39 is 22.8 Å². The van der Waals surface area contributed by atoms with Gasteiger partial charge >= 0.3 is 0 Å². The Labute approximate surface area is 242 Å². The third-order valence-corrected chi connectivity index (χ3v) is 7.45. The zero-order chi connectivity index (χ0) is 29.4. The predicted molar refractivity (Wildman–Crippen MR) is 157 cm³/mol. The summed E-state index contributed by atoms with van der Waals surface area (Å²) in [6, 6.07) is 35.7. The summed E-state index contributed by atoms with van der Waals surface area (Å²) >= 11 is 0. The molecule has 0 atom stereocenters. The number of benzene rings is 4. The van der Waals surface area contributed by atoms with Crippen molar-refractivity contribution in [3.05, 3.63) is 164 Å². The largest absolute Gasteiger partial charge is 0.360 e. The van der Waals surface area contributed by atoms with E-state index in [4.69, 9.17) is 4.74 Å². The van der Waals surface area contributed by atoms with E-state index in [1.165, 1.54) is 0 Å². The van der Waals surface area contributed by atoms with Crippen LogP contribution in [0.5, 0.6) is 0 Å². The molecule has 0 saturated heterocycles. The molecule has 1 aliphatic rings. The summed E-state index contributed by atoms with van der Waals surface area (Å²) in [4.78, 5) is 33.7. The van der Waals surface area contributed by atoms with E-state index in [2.05, 4.69) is 20.1 Å². The smallest absolute Gasteiger partial charge is 0.261 e. The van der Waals surface area contributed by atoms with Gasteiger partial charge in [0.05, 0.1) is 17.7 Å². The second-order valence-corrected chi connectivity index (χ2v) is 10.1. The number of azide groups is 2. The predicted octanol–water partition coefficient (Wildman–Crippen LogP) is 6.90. The molecule has 0 aliphatic carbocycles. The summed E-state index contributed by atoms with van der Waals surface area (Å²) < 4.78 is 6.99. The molecule has 5 rings (SSSR count). The lowest BCUT2D eigenvalue weighted by Crippen LogP contribution is -2.49. The molecular weight excluding hydrogens is 530 g/mol. The molecule has 1 aliphatic heterocycles. The number of carbonyl (C=O) groups excluding carboxylic acids is 2. The standard InChI is InChI=1S/C32H27N7O3/c33-37-35-20-31(21-36-38-34,22-39-29(40)27-18-10-11-19-28(27)30(39)41)23-42-32(24-12-4-1-5-13-24,25-14-6-2-7-15-25)26-16-8-3-9-17-26/h1-19H,20-23H2. The number of hydrogen-bond donors (Lipinski definition) is 0. The summed E-state index contributed by atoms with van der Waals surface area (Å²) in [6.45, 7) is -0.697. The number of rotatable bonds is 12. The molecule has 1 heterocycles. The number of fused-ring (bicyclic) bond motifs is 1. The van der Waals surface area contributed by atoms with Crippen LogP contribution in [0, 0.1) is 5.41 Å². The van der Waals surface area contributed by atoms with E-state index in [1.54, 1.807) is 24.3 Å². The number of carbonyl (C=O) groups is 2. The Morgan fingerprint density at radius 1 is 0.619 bits per heavy atom. The summed E-state index contributed by atoms with van der Waals surface area (Å²) in [5, 5.41) is 7.65. The molecule has 42 heavy (non-hydrogen) atoms. The van der Waals surface area contributed by atoms with Gasteiger partial charge in [0.1, 0.15) is 5.60 Å². The number of ether oxygens (including phenoxy) is 1. The fourth-order valence-electron chi connectivity index (χ4n) is 5.40. The van der Waals surface area contributed by atoms with Crippen LogP contribution in [0.25, 0.3) is 20.9 Å². The van der Waals surface area contributed by atoms with Gasteiger partial charge in [-0.15, -0.1) is 0 Å². The minimum absolute atomic E-state index is 0.128. The summed E-state index contributed by atoms with van der Waals surface area (Å²) in [6.07, 6.45) is 0. The van der Waals surface area contributed by atoms with Crippen LogP contribution < -0.4 is 0 Å². The normalized spacial score (nSPS) is 14.0. The highest BCUT2D eigenvalue weighted by Gasteiger charge is 2.45. The average molecular weight is 558 g/mol. The van der Waals surface area contributed by atoms with Gasteiger partial charge in [0.15, 0.2) is 0 Å². The van der Waals surface area contributed by atoms with Crippen molar-refractivity contribution in [2.24, 2.45) is 15.6 Å². The molecule has 208 valence electrons. The van der Waals surface area contributed by atoms with E-state index in [1.807, 2.05) is 91.0 Å². The first-order chi connectivity index (χ1) is 20.5. The number of hydrogen-bond acceptors (Lipinski definition) is 5. The van der Waals surface area contributed by atoms with Crippen molar-refractivity contribution in [1.82, 2.24) is 4.90 Å². The SMILES string of the molecule is [N-]=[N+]=NCC(CN=[N+]=[N-])(COC(c1ccccc1)(c1ccccc1)c1ccccc1)CN1C(=O)c2ccccc2C1=O. The number of imide groups is 1. The van der Waals surface area contributed by atoms with E-state index in [0.29, 0.717) is 0 Å². The molecule has 4 aromatic carbocycles. The molecule has 0 radical (unpaired) electrons. The first-order valence-corrected chi connectivity index (χ1v) is 13.3. The maximum atomic E-state index is 13.4. The topological polar surface area (TPSA) is 144 Å². The van der Waals surface area contributed by atoms with E-state index >= 15 is 0 Å². The molecular formula is C32H27N7O3. The molecule has 0 fully saturated rings. The molecule has 0 bridgehead atoms. The van der Waals surface area contributed by atoms with Crippen LogP contribution in [-0.2, 0) is 10.3 Å². The minimum Gasteiger partial charge on any atom is -0.360 e. The van der Waals surface area contributed by atoms with Gasteiger partial charge in [-0.3, -0.25) is 14.5 Å². The van der Waals surface area contributed by atoms with Gasteiger partial charge in [-0.05, 0) is 39.9 Å². The third kappa shape index (κ3) is 5.33. The summed E-state index contributed by atoms with van der Waals surface area (Å²) in [7, 11) is 0. The van der Waals surface area contributed by atoms with E-state index in [0.717, 1.165) is 21.6 Å². The molecule has 0 N–H and O–H groups in total. The van der Waals surface area contributed by atoms with Gasteiger partial charge in [0, 0.05) is 34.9 Å². The average Bonchev–Trinajstić information content (AvgIpc) is 3.29. The molecule has 0 aromatic heterocycles. The summed E-state index contributed by atoms with van der Waals surface area (Å²) in [5.41, 5.74) is 19.3. The van der Waals surface area contributed by atoms with Crippen LogP contribution in [0.15, 0.2) is 125 Å². The minimum atomic E-state index is -1.24. The van der Waals surface area contributed by atoms with E-state index in [-0.39, 0.29) is 37.4 Å². The second-order valence-electron chi connectivity index (χ2n) is 10.1. The van der Waals surface area contributed by atoms with Crippen molar-refractivity contribution in [2.45, 2.75) is 5.60 Å². The third-order valence-electron chi connectivity index (χ3n) is 7.45. The fourth-order valence-corrected chi connectivity index (χ4v) is 5.40. The Hall–Kier alpha value is -5.40. The number of nitrogens with zero attached hydrogens (tertiary/aromatic N) is 7. The molecule has 4 aromatic rings. The lowest BCUT2D eigenvalue weighted by molar-refractivity contribution is -0.0416. The quantitative estimate of drug-likeness (QED) is 0.0614. The number of amides is 2. The van der Waals surface area contributed by atoms with Crippen molar-refractivity contribution in [2.75, 3.05) is 26.2 Å². The molecule has 0 unspecified atom stereocenters. The van der Waals surface area contributed by atoms with Crippen LogP contribution in [-0.4, -0.2) is 43.0 Å². The van der Waals surface area contributed by atoms with E-state index in [9.17, 15) is 20.7 Å². The molecule has 10 heteroatoms. The van der Waals surface area contributed by atoms with Crippen molar-refractivity contribution in [1.29, 1.82) is 0 Å². The monoisotopic (exact) mass is 557 g/mol. The molecule has 10 nitrogen and oxygen atoms in total. The van der Waals surface area contributed by atoms with Crippen molar-refractivity contribution in [3.8, 4) is 0 Å². The van der Waals surface area contributed by atoms with Gasteiger partial charge in [0.2, 0.25) is 0 Å². The highest BCUT2D eigenvalue weighted by atomic mass is 16.5. The van der Waals surface area contributed by atoms with Crippen molar-refractivity contribution >= 4 is 11.8 Å². The molecule has 2 amide bonds. The zero-order valence-electron chi connectivity index (χ0n) is 22.7. The van der Waals surface area contributed by atoms with Crippen molar-refractivity contribution < 1.29 is 14.3 Å². The van der Waals surface area contributed by atoms with Gasteiger partial charge in [-0.1, -0.05) is 113 Å². The lowest BCUT2D eigenvalue weighted by atomic mass is 9.79. The first-order valence-electron chi connectivity index (χ1n) is 13.3. The first kappa shape index (κ1) is 28.1. The van der Waals surface area contributed by atoms with Gasteiger partial charge < -0.3 is 4.74 Å². The van der Waals surface area contributed by atoms with Gasteiger partial charge in [-0.2, -0.15) is 0 Å². The Balaban J connectivity index is 1.63. The maximum absolute atomic E-state index is 13.4. The Bertz CT molecular complexity index is 1510. The Morgan fingerprint density at radius 3 is 1.38 bits per heavy atom. The molecule has 0 spiro atoms. The highest BCUT2D eigenvalue weighted by molar-refractivity contribution is 6.21. The summed E-state index contributed by atoms with van der Waals surface area (Å²) in [5.74, 6) is -0.940. The fraction of sp³-hybridized carbons (Fsp3) is 0.188. The zero-order valence-corrected chi connectivity index (χ0v) is 22.7. The van der Waals surface area contributed by atoms with Crippen LogP contribution in [0.3, 0.4) is 0 Å².